The van der Waals surface area contributed by atoms with Gasteiger partial charge in [-0.3, -0.25) is 0 Å². The molecule has 1 rings (SSSR count). The van der Waals surface area contributed by atoms with Crippen LogP contribution < -0.4 is 0 Å². The highest BCUT2D eigenvalue weighted by Gasteiger charge is 2.15. The molecule has 65 valence electrons. The van der Waals surface area contributed by atoms with Gasteiger partial charge in [0.2, 0.25) is 0 Å². The fourth-order valence-corrected chi connectivity index (χ4v) is 1.49. The minimum Gasteiger partial charge on any atom is -0.0613 e. The third-order valence-electron chi connectivity index (χ3n) is 2.14. The fraction of sp³-hybridized carbons (Fsp3) is 0.500. The first-order valence-corrected chi connectivity index (χ1v) is 4.55. The average molecular weight is 161 g/mol. The van der Waals surface area contributed by atoms with E-state index in [1.165, 1.54) is 11.1 Å². The van der Waals surface area contributed by atoms with E-state index in [2.05, 4.69) is 45.9 Å². The summed E-state index contributed by atoms with van der Waals surface area (Å²) in [5.74, 6) is 0. The molecule has 0 amide bonds. The molecule has 0 atom stereocenters. The van der Waals surface area contributed by atoms with Crippen molar-refractivity contribution in [3.05, 3.63) is 35.4 Å². The van der Waals surface area contributed by atoms with Gasteiger partial charge >= 0.3 is 0 Å². The van der Waals surface area contributed by atoms with Crippen molar-refractivity contribution in [3.8, 4) is 0 Å². The summed E-state index contributed by atoms with van der Waals surface area (Å²) >= 11 is 0. The van der Waals surface area contributed by atoms with Crippen molar-refractivity contribution in [3.63, 3.8) is 0 Å². The van der Waals surface area contributed by atoms with E-state index >= 15 is 0 Å². The Kier molecular flexibility index (Phi) is 2.56. The van der Waals surface area contributed by atoms with Gasteiger partial charge < -0.3 is 0 Å². The molecule has 0 saturated carbocycles. The lowest BCUT2D eigenvalue weighted by molar-refractivity contribution is 0.583. The van der Waals surface area contributed by atoms with Gasteiger partial charge in [-0.15, -0.1) is 0 Å². The maximum Gasteiger partial charge on any atom is -0.0129 e. The van der Waals surface area contributed by atoms with E-state index in [1.807, 2.05) is 6.07 Å². The Morgan fingerprint density at radius 3 is 2.42 bits per heavy atom. The summed E-state index contributed by atoms with van der Waals surface area (Å²) in [6, 6.07) is 9.40. The summed E-state index contributed by atoms with van der Waals surface area (Å²) in [6.07, 6.45) is 1.10. The topological polar surface area (TPSA) is 0 Å². The van der Waals surface area contributed by atoms with Crippen molar-refractivity contribution in [2.75, 3.05) is 0 Å². The van der Waals surface area contributed by atoms with Gasteiger partial charge in [0.05, 0.1) is 0 Å². The molecule has 1 aromatic carbocycles. The van der Waals surface area contributed by atoms with Crippen LogP contribution in [0, 0.1) is 6.07 Å². The molecule has 0 aliphatic heterocycles. The van der Waals surface area contributed by atoms with Crippen LogP contribution in [0.4, 0.5) is 0 Å². The molecule has 0 fully saturated rings. The van der Waals surface area contributed by atoms with Gasteiger partial charge in [-0.1, -0.05) is 45.9 Å². The largest absolute Gasteiger partial charge is 0.0613 e. The summed E-state index contributed by atoms with van der Waals surface area (Å²) in [6.45, 7) is 8.95. The highest BCUT2D eigenvalue weighted by atomic mass is 14.2. The summed E-state index contributed by atoms with van der Waals surface area (Å²) < 4.78 is 0. The Balaban J connectivity index is 3.14. The minimum absolute atomic E-state index is 0.264. The predicted octanol–water partition coefficient (Wildman–Crippen LogP) is 3.35. The van der Waals surface area contributed by atoms with E-state index in [0.29, 0.717) is 0 Å². The summed E-state index contributed by atoms with van der Waals surface area (Å²) in [4.78, 5) is 0. The van der Waals surface area contributed by atoms with Crippen molar-refractivity contribution in [2.45, 2.75) is 39.5 Å². The van der Waals surface area contributed by atoms with Crippen LogP contribution in [0.2, 0.25) is 0 Å². The molecule has 0 spiro atoms. The average Bonchev–Trinajstić information content (AvgIpc) is 2.03. The van der Waals surface area contributed by atoms with Crippen molar-refractivity contribution in [1.29, 1.82) is 0 Å². The third-order valence-corrected chi connectivity index (χ3v) is 2.14. The van der Waals surface area contributed by atoms with Crippen LogP contribution in [0.1, 0.15) is 38.8 Å². The van der Waals surface area contributed by atoms with Gasteiger partial charge in [0.15, 0.2) is 0 Å². The zero-order valence-corrected chi connectivity index (χ0v) is 8.44. The summed E-state index contributed by atoms with van der Waals surface area (Å²) in [5.41, 5.74) is 3.13. The predicted molar refractivity (Wildman–Crippen MR) is 53.4 cm³/mol. The van der Waals surface area contributed by atoms with Gasteiger partial charge in [-0.2, -0.15) is 0 Å². The third kappa shape index (κ3) is 1.88. The second kappa shape index (κ2) is 3.30. The molecule has 0 N–H and O–H groups in total. The number of benzene rings is 1. The minimum atomic E-state index is 0.264. The van der Waals surface area contributed by atoms with E-state index in [0.717, 1.165) is 6.42 Å². The van der Waals surface area contributed by atoms with Gasteiger partial charge in [-0.05, 0) is 29.0 Å². The molecular formula is C12H17. The van der Waals surface area contributed by atoms with E-state index in [9.17, 15) is 0 Å². The van der Waals surface area contributed by atoms with Crippen LogP contribution in [0.5, 0.6) is 0 Å². The Labute approximate surface area is 75.6 Å². The number of hydrogen-bond acceptors (Lipinski definition) is 0. The SMILES string of the molecule is CCc1c[c]ccc1C(C)(C)C. The van der Waals surface area contributed by atoms with Gasteiger partial charge in [0.1, 0.15) is 0 Å². The molecule has 0 heterocycles. The molecule has 0 bridgehead atoms. The van der Waals surface area contributed by atoms with Crippen LogP contribution in [0.25, 0.3) is 0 Å². The zero-order chi connectivity index (χ0) is 9.19. The standard InChI is InChI=1S/C12H17/c1-5-10-8-6-7-9-11(10)12(2,3)4/h7-9H,5H2,1-4H3. The molecule has 1 radical (unpaired) electrons. The maximum absolute atomic E-state index is 3.12. The first-order chi connectivity index (χ1) is 5.55. The molecule has 0 heteroatoms. The Hall–Kier alpha value is -0.780. The normalized spacial score (nSPS) is 11.7. The van der Waals surface area contributed by atoms with Crippen LogP contribution in [0.15, 0.2) is 18.2 Å². The highest BCUT2D eigenvalue weighted by molar-refractivity contribution is 5.32. The van der Waals surface area contributed by atoms with Gasteiger partial charge in [0, 0.05) is 0 Å². The number of rotatable bonds is 1. The highest BCUT2D eigenvalue weighted by Crippen LogP contribution is 2.25. The maximum atomic E-state index is 3.12. The van der Waals surface area contributed by atoms with Crippen LogP contribution in [0.3, 0.4) is 0 Å². The van der Waals surface area contributed by atoms with E-state index < -0.39 is 0 Å². The molecule has 0 unspecified atom stereocenters. The second-order valence-electron chi connectivity index (χ2n) is 4.19. The van der Waals surface area contributed by atoms with Crippen LogP contribution in [-0.2, 0) is 11.8 Å². The van der Waals surface area contributed by atoms with E-state index in [4.69, 9.17) is 0 Å². The Bertz CT molecular complexity index is 253. The lowest BCUT2D eigenvalue weighted by Crippen LogP contribution is -2.13. The number of hydrogen-bond donors (Lipinski definition) is 0. The van der Waals surface area contributed by atoms with E-state index in [-0.39, 0.29) is 5.41 Å². The molecule has 0 nitrogen and oxygen atoms in total. The van der Waals surface area contributed by atoms with E-state index in [1.54, 1.807) is 0 Å². The molecule has 1 aromatic rings. The monoisotopic (exact) mass is 161 g/mol. The van der Waals surface area contributed by atoms with Gasteiger partial charge in [-0.25, -0.2) is 0 Å². The lowest BCUT2D eigenvalue weighted by atomic mass is 9.83. The van der Waals surface area contributed by atoms with Crippen LogP contribution in [-0.4, -0.2) is 0 Å². The second-order valence-corrected chi connectivity index (χ2v) is 4.19. The van der Waals surface area contributed by atoms with Gasteiger partial charge in [0.25, 0.3) is 0 Å². The molecular weight excluding hydrogens is 144 g/mol. The van der Waals surface area contributed by atoms with Crippen LogP contribution >= 0.6 is 0 Å². The van der Waals surface area contributed by atoms with Crippen molar-refractivity contribution in [2.24, 2.45) is 0 Å². The number of aryl methyl sites for hydroxylation is 1. The summed E-state index contributed by atoms with van der Waals surface area (Å²) in [5, 5.41) is 0. The molecule has 0 aromatic heterocycles. The Morgan fingerprint density at radius 2 is 2.00 bits per heavy atom. The lowest BCUT2D eigenvalue weighted by Gasteiger charge is -2.22. The van der Waals surface area contributed by atoms with Crippen molar-refractivity contribution >= 4 is 0 Å². The molecule has 12 heavy (non-hydrogen) atoms. The molecule has 0 saturated heterocycles. The molecule has 0 aliphatic carbocycles. The Morgan fingerprint density at radius 1 is 1.33 bits per heavy atom. The summed E-state index contributed by atoms with van der Waals surface area (Å²) in [7, 11) is 0. The first kappa shape index (κ1) is 9.31. The van der Waals surface area contributed by atoms with Crippen molar-refractivity contribution < 1.29 is 0 Å². The quantitative estimate of drug-likeness (QED) is 0.592. The zero-order valence-electron chi connectivity index (χ0n) is 8.44. The molecule has 0 aliphatic rings. The smallest absolute Gasteiger partial charge is 0.0129 e. The first-order valence-electron chi connectivity index (χ1n) is 4.55. The van der Waals surface area contributed by atoms with Crippen molar-refractivity contribution in [1.82, 2.24) is 0 Å². The fourth-order valence-electron chi connectivity index (χ4n) is 1.49.